The molecule has 6 heteroatoms. The van der Waals surface area contributed by atoms with Crippen LogP contribution in [0.2, 0.25) is 0 Å². The fraction of sp³-hybridized carbons (Fsp3) is 0.273. The van der Waals surface area contributed by atoms with E-state index < -0.39 is 0 Å². The average Bonchev–Trinajstić information content (AvgIpc) is 3.32. The summed E-state index contributed by atoms with van der Waals surface area (Å²) < 4.78 is 4.21. The number of hydrogen-bond donors (Lipinski definition) is 0. The predicted molar refractivity (Wildman–Crippen MR) is 110 cm³/mol. The maximum atomic E-state index is 4.79. The maximum Gasteiger partial charge on any atom is 0.0964 e. The van der Waals surface area contributed by atoms with E-state index in [2.05, 4.69) is 58.7 Å². The Kier molecular flexibility index (Phi) is 5.02. The molecule has 0 aliphatic carbocycles. The van der Waals surface area contributed by atoms with E-state index in [9.17, 15) is 0 Å². The van der Waals surface area contributed by atoms with Crippen LogP contribution in [-0.4, -0.2) is 29.3 Å². The van der Waals surface area contributed by atoms with E-state index >= 15 is 0 Å². The fourth-order valence-electron chi connectivity index (χ4n) is 3.52. The van der Waals surface area contributed by atoms with Gasteiger partial charge < -0.3 is 4.57 Å². The molecule has 28 heavy (non-hydrogen) atoms. The number of imidazole rings is 1. The molecule has 3 aromatic heterocycles. The van der Waals surface area contributed by atoms with Crippen LogP contribution in [0.25, 0.3) is 22.5 Å². The van der Waals surface area contributed by atoms with Crippen molar-refractivity contribution in [2.45, 2.75) is 39.8 Å². The van der Waals surface area contributed by atoms with Crippen molar-refractivity contribution in [2.75, 3.05) is 0 Å². The molecule has 0 saturated heterocycles. The van der Waals surface area contributed by atoms with Crippen molar-refractivity contribution in [1.29, 1.82) is 0 Å². The molecule has 0 bridgehead atoms. The zero-order valence-corrected chi connectivity index (χ0v) is 16.4. The lowest BCUT2D eigenvalue weighted by molar-refractivity contribution is 0.541. The van der Waals surface area contributed by atoms with Gasteiger partial charge in [-0.25, -0.2) is 4.98 Å². The summed E-state index contributed by atoms with van der Waals surface area (Å²) in [4.78, 5) is 13.4. The van der Waals surface area contributed by atoms with Gasteiger partial charge in [0.25, 0.3) is 0 Å². The summed E-state index contributed by atoms with van der Waals surface area (Å²) in [7, 11) is 0. The number of hydrogen-bond acceptors (Lipinski definition) is 4. The van der Waals surface area contributed by atoms with Gasteiger partial charge in [-0.3, -0.25) is 14.6 Å². The Balaban J connectivity index is 1.82. The zero-order valence-electron chi connectivity index (χ0n) is 16.4. The molecule has 0 fully saturated rings. The van der Waals surface area contributed by atoms with Gasteiger partial charge in [-0.05, 0) is 20.8 Å². The Hall–Kier alpha value is -3.28. The Labute approximate surface area is 164 Å². The number of benzene rings is 1. The summed E-state index contributed by atoms with van der Waals surface area (Å²) in [5.74, 6) is 0. The Bertz CT molecular complexity index is 1050. The molecule has 0 N–H and O–H groups in total. The van der Waals surface area contributed by atoms with E-state index in [-0.39, 0.29) is 6.04 Å². The Morgan fingerprint density at radius 2 is 1.89 bits per heavy atom. The second-order valence-electron chi connectivity index (χ2n) is 6.95. The van der Waals surface area contributed by atoms with Crippen molar-refractivity contribution < 1.29 is 0 Å². The molecule has 1 atom stereocenters. The molecule has 1 unspecified atom stereocenters. The van der Waals surface area contributed by atoms with Gasteiger partial charge >= 0.3 is 0 Å². The van der Waals surface area contributed by atoms with Gasteiger partial charge in [-0.2, -0.15) is 5.10 Å². The van der Waals surface area contributed by atoms with Crippen molar-refractivity contribution in [3.8, 4) is 22.5 Å². The molecule has 0 saturated carbocycles. The van der Waals surface area contributed by atoms with Gasteiger partial charge in [-0.15, -0.1) is 0 Å². The fourth-order valence-corrected chi connectivity index (χ4v) is 3.52. The van der Waals surface area contributed by atoms with Gasteiger partial charge in [0.15, 0.2) is 0 Å². The van der Waals surface area contributed by atoms with E-state index in [1.54, 1.807) is 12.4 Å². The molecule has 4 aromatic rings. The highest BCUT2D eigenvalue weighted by molar-refractivity contribution is 5.79. The van der Waals surface area contributed by atoms with Crippen LogP contribution in [0.3, 0.4) is 0 Å². The molecule has 0 aliphatic heterocycles. The molecule has 6 nitrogen and oxygen atoms in total. The first kappa shape index (κ1) is 18.1. The van der Waals surface area contributed by atoms with E-state index in [0.29, 0.717) is 0 Å². The van der Waals surface area contributed by atoms with Crippen LogP contribution >= 0.6 is 0 Å². The quantitative estimate of drug-likeness (QED) is 0.505. The van der Waals surface area contributed by atoms with Gasteiger partial charge in [-0.1, -0.05) is 30.3 Å². The van der Waals surface area contributed by atoms with Crippen molar-refractivity contribution in [2.24, 2.45) is 0 Å². The second kappa shape index (κ2) is 7.76. The topological polar surface area (TPSA) is 61.4 Å². The van der Waals surface area contributed by atoms with Crippen LogP contribution in [0.1, 0.15) is 31.3 Å². The third-order valence-electron chi connectivity index (χ3n) is 4.96. The summed E-state index contributed by atoms with van der Waals surface area (Å²) >= 11 is 0. The highest BCUT2D eigenvalue weighted by atomic mass is 15.3. The second-order valence-corrected chi connectivity index (χ2v) is 6.95. The van der Waals surface area contributed by atoms with Crippen LogP contribution in [0.15, 0.2) is 61.4 Å². The highest BCUT2D eigenvalue weighted by Gasteiger charge is 2.22. The molecule has 0 amide bonds. The minimum Gasteiger partial charge on any atom is -0.327 e. The molecule has 4 rings (SSSR count). The monoisotopic (exact) mass is 372 g/mol. The zero-order chi connectivity index (χ0) is 19.5. The van der Waals surface area contributed by atoms with Gasteiger partial charge in [0.1, 0.15) is 0 Å². The van der Waals surface area contributed by atoms with Crippen LogP contribution in [-0.2, 0) is 13.0 Å². The minimum atomic E-state index is 0.182. The third-order valence-corrected chi connectivity index (χ3v) is 4.96. The first-order valence-electron chi connectivity index (χ1n) is 9.59. The van der Waals surface area contributed by atoms with Crippen LogP contribution in [0, 0.1) is 6.92 Å². The van der Waals surface area contributed by atoms with Gasteiger partial charge in [0.05, 0.1) is 29.1 Å². The molecule has 3 heterocycles. The van der Waals surface area contributed by atoms with E-state index in [4.69, 9.17) is 4.98 Å². The lowest BCUT2D eigenvalue weighted by Gasteiger charge is -2.17. The summed E-state index contributed by atoms with van der Waals surface area (Å²) in [6.45, 7) is 7.18. The molecule has 0 aliphatic rings. The largest absolute Gasteiger partial charge is 0.327 e. The summed E-state index contributed by atoms with van der Waals surface area (Å²) in [6, 6.07) is 10.5. The molecule has 0 radical (unpaired) electrons. The molecule has 1 aromatic carbocycles. The smallest absolute Gasteiger partial charge is 0.0964 e. The first-order valence-corrected chi connectivity index (χ1v) is 9.59. The first-order chi connectivity index (χ1) is 13.7. The summed E-state index contributed by atoms with van der Waals surface area (Å²) in [6.07, 6.45) is 10.1. The van der Waals surface area contributed by atoms with Gasteiger partial charge in [0.2, 0.25) is 0 Å². The molecular weight excluding hydrogens is 348 g/mol. The normalized spacial score (nSPS) is 12.2. The molecule has 0 spiro atoms. The van der Waals surface area contributed by atoms with Crippen molar-refractivity contribution in [3.05, 3.63) is 72.8 Å². The third kappa shape index (κ3) is 3.45. The van der Waals surface area contributed by atoms with E-state index in [1.165, 1.54) is 0 Å². The van der Waals surface area contributed by atoms with E-state index in [0.717, 1.165) is 46.9 Å². The van der Waals surface area contributed by atoms with Crippen molar-refractivity contribution in [1.82, 2.24) is 29.3 Å². The Morgan fingerprint density at radius 1 is 1.07 bits per heavy atom. The number of nitrogens with zero attached hydrogens (tertiary/aromatic N) is 6. The lowest BCUT2D eigenvalue weighted by Crippen LogP contribution is -2.10. The standard InChI is InChI=1S/C22H24N6/c1-4-27-14-20(17(3)26-27)22-21(18-8-6-5-7-9-18)25-15-28(22)16(2)12-19-13-23-10-11-24-19/h5-11,13-16H,4,12H2,1-3H3. The minimum absolute atomic E-state index is 0.182. The summed E-state index contributed by atoms with van der Waals surface area (Å²) in [5.41, 5.74) is 6.27. The number of aromatic nitrogens is 6. The molecule has 142 valence electrons. The average molecular weight is 372 g/mol. The summed E-state index contributed by atoms with van der Waals surface area (Å²) in [5, 5.41) is 4.66. The van der Waals surface area contributed by atoms with Gasteiger partial charge in [0, 0.05) is 54.9 Å². The van der Waals surface area contributed by atoms with Crippen molar-refractivity contribution >= 4 is 0 Å². The Morgan fingerprint density at radius 3 is 2.57 bits per heavy atom. The molecular formula is C22H24N6. The highest BCUT2D eigenvalue weighted by Crippen LogP contribution is 2.35. The van der Waals surface area contributed by atoms with Crippen LogP contribution in [0.4, 0.5) is 0 Å². The predicted octanol–water partition coefficient (Wildman–Crippen LogP) is 4.34. The van der Waals surface area contributed by atoms with Crippen LogP contribution < -0.4 is 0 Å². The number of rotatable bonds is 6. The van der Waals surface area contributed by atoms with Crippen LogP contribution in [0.5, 0.6) is 0 Å². The van der Waals surface area contributed by atoms with E-state index in [1.807, 2.05) is 35.4 Å². The SMILES string of the molecule is CCn1cc(-c2c(-c3ccccc3)ncn2C(C)Cc2cnccn2)c(C)n1. The lowest BCUT2D eigenvalue weighted by atomic mass is 10.0. The maximum absolute atomic E-state index is 4.79. The number of aryl methyl sites for hydroxylation is 2. The van der Waals surface area contributed by atoms with Crippen molar-refractivity contribution in [3.63, 3.8) is 0 Å².